The number of methoxy groups -OCH3 is 1. The van der Waals surface area contributed by atoms with E-state index in [1.807, 2.05) is 12.1 Å². The monoisotopic (exact) mass is 410 g/mol. The Hall–Kier alpha value is -0.520. The molecule has 1 aromatic carbocycles. The van der Waals surface area contributed by atoms with Crippen LogP contribution in [0.1, 0.15) is 44.1 Å². The number of rotatable bonds is 7. The van der Waals surface area contributed by atoms with Crippen molar-refractivity contribution < 1.29 is 9.53 Å². The van der Waals surface area contributed by atoms with Crippen LogP contribution in [0, 0.1) is 0 Å². The number of benzene rings is 1. The van der Waals surface area contributed by atoms with Gasteiger partial charge in [0.2, 0.25) is 0 Å². The second-order valence-electron chi connectivity index (χ2n) is 6.40. The van der Waals surface area contributed by atoms with E-state index >= 15 is 0 Å². The molecule has 2 rings (SSSR count). The Bertz CT molecular complexity index is 521. The third-order valence-electron chi connectivity index (χ3n) is 4.99. The van der Waals surface area contributed by atoms with E-state index in [1.54, 1.807) is 0 Å². The zero-order valence-electron chi connectivity index (χ0n) is 14.6. The topological polar surface area (TPSA) is 64.3 Å². The number of hydrogen-bond donors (Lipinski definition) is 2. The molecule has 1 aromatic rings. The Morgan fingerprint density at radius 2 is 2.04 bits per heavy atom. The summed E-state index contributed by atoms with van der Waals surface area (Å²) in [5.41, 5.74) is 7.43. The van der Waals surface area contributed by atoms with E-state index in [-0.39, 0.29) is 36.2 Å². The van der Waals surface area contributed by atoms with Gasteiger partial charge in [-0.1, -0.05) is 23.7 Å². The van der Waals surface area contributed by atoms with Gasteiger partial charge in [-0.05, 0) is 56.3 Å². The maximum absolute atomic E-state index is 11.1. The highest BCUT2D eigenvalue weighted by molar-refractivity contribution is 6.30. The molecule has 0 amide bonds. The number of ether oxygens (including phenoxy) is 1. The van der Waals surface area contributed by atoms with Crippen LogP contribution in [0.4, 0.5) is 0 Å². The third-order valence-corrected chi connectivity index (χ3v) is 5.22. The van der Waals surface area contributed by atoms with Gasteiger partial charge in [-0.3, -0.25) is 4.79 Å². The molecule has 7 heteroatoms. The Balaban J connectivity index is 0.00000288. The van der Waals surface area contributed by atoms with Gasteiger partial charge in [-0.25, -0.2) is 0 Å². The van der Waals surface area contributed by atoms with Crippen molar-refractivity contribution in [3.8, 4) is 0 Å². The van der Waals surface area contributed by atoms with Crippen LogP contribution in [0.3, 0.4) is 0 Å². The van der Waals surface area contributed by atoms with Gasteiger partial charge in [0.25, 0.3) is 0 Å². The molecular weight excluding hydrogens is 383 g/mol. The van der Waals surface area contributed by atoms with Crippen LogP contribution in [0.5, 0.6) is 0 Å². The standard InChI is InChI=1S/C18H27ClN2O2.2ClH/c1-23-17(22)6-3-11-21-16-7-9-18(13-20,10-8-16)14-4-2-5-15(19)12-14;;/h2,4-5,12,16,21H,3,6-11,13,20H2,1H3;2*1H/t16-,18+;;. The molecule has 0 atom stereocenters. The van der Waals surface area contributed by atoms with E-state index in [2.05, 4.69) is 22.2 Å². The molecule has 0 aliphatic heterocycles. The van der Waals surface area contributed by atoms with Crippen molar-refractivity contribution in [1.82, 2.24) is 5.32 Å². The van der Waals surface area contributed by atoms with Gasteiger partial charge in [-0.15, -0.1) is 24.8 Å². The minimum Gasteiger partial charge on any atom is -0.469 e. The highest BCUT2D eigenvalue weighted by Gasteiger charge is 2.35. The Kier molecular flexibility index (Phi) is 11.7. The molecule has 3 N–H and O–H groups in total. The summed E-state index contributed by atoms with van der Waals surface area (Å²) in [7, 11) is 1.43. The fourth-order valence-electron chi connectivity index (χ4n) is 3.44. The van der Waals surface area contributed by atoms with Crippen LogP contribution in [-0.2, 0) is 14.9 Å². The van der Waals surface area contributed by atoms with Crippen LogP contribution in [-0.4, -0.2) is 32.2 Å². The lowest BCUT2D eigenvalue weighted by atomic mass is 9.68. The van der Waals surface area contributed by atoms with Crippen LogP contribution >= 0.6 is 36.4 Å². The predicted octanol–water partition coefficient (Wildman–Crippen LogP) is 3.87. The fourth-order valence-corrected chi connectivity index (χ4v) is 3.63. The predicted molar refractivity (Wildman–Crippen MR) is 108 cm³/mol. The van der Waals surface area contributed by atoms with Gasteiger partial charge in [0.05, 0.1) is 7.11 Å². The van der Waals surface area contributed by atoms with Crippen molar-refractivity contribution >= 4 is 42.4 Å². The smallest absolute Gasteiger partial charge is 0.305 e. The van der Waals surface area contributed by atoms with Crippen molar-refractivity contribution in [2.24, 2.45) is 5.73 Å². The molecule has 1 aliphatic carbocycles. The van der Waals surface area contributed by atoms with E-state index in [0.717, 1.165) is 43.7 Å². The van der Waals surface area contributed by atoms with Gasteiger partial charge in [0, 0.05) is 29.4 Å². The number of carbonyl (C=O) groups is 1. The lowest BCUT2D eigenvalue weighted by molar-refractivity contribution is -0.140. The third kappa shape index (κ3) is 6.95. The molecule has 0 spiro atoms. The molecule has 0 radical (unpaired) electrons. The molecule has 144 valence electrons. The number of hydrogen-bond acceptors (Lipinski definition) is 4. The molecule has 4 nitrogen and oxygen atoms in total. The molecule has 0 saturated heterocycles. The summed E-state index contributed by atoms with van der Waals surface area (Å²) < 4.78 is 4.65. The van der Waals surface area contributed by atoms with Crippen molar-refractivity contribution in [2.45, 2.75) is 50.0 Å². The van der Waals surface area contributed by atoms with Gasteiger partial charge >= 0.3 is 5.97 Å². The number of nitrogens with one attached hydrogen (secondary N) is 1. The average Bonchev–Trinajstić information content (AvgIpc) is 2.59. The lowest BCUT2D eigenvalue weighted by Crippen LogP contribution is -2.44. The SMILES string of the molecule is COC(=O)CCCN[C@H]1CC[C@@](CN)(c2cccc(Cl)c2)CC1.Cl.Cl. The second kappa shape index (κ2) is 12.0. The normalized spacial score (nSPS) is 22.4. The Morgan fingerprint density at radius 3 is 2.60 bits per heavy atom. The molecule has 0 unspecified atom stereocenters. The molecule has 1 fully saturated rings. The van der Waals surface area contributed by atoms with Gasteiger partial charge in [-0.2, -0.15) is 0 Å². The zero-order valence-corrected chi connectivity index (χ0v) is 17.0. The molecule has 0 aromatic heterocycles. The van der Waals surface area contributed by atoms with E-state index in [4.69, 9.17) is 17.3 Å². The van der Waals surface area contributed by atoms with E-state index in [1.165, 1.54) is 12.7 Å². The average molecular weight is 412 g/mol. The van der Waals surface area contributed by atoms with Crippen molar-refractivity contribution in [3.63, 3.8) is 0 Å². The largest absolute Gasteiger partial charge is 0.469 e. The summed E-state index contributed by atoms with van der Waals surface area (Å²) in [4.78, 5) is 11.1. The first kappa shape index (κ1) is 24.5. The summed E-state index contributed by atoms with van der Waals surface area (Å²) in [6, 6.07) is 8.61. The van der Waals surface area contributed by atoms with Crippen LogP contribution in [0.2, 0.25) is 5.02 Å². The first-order valence-electron chi connectivity index (χ1n) is 8.36. The van der Waals surface area contributed by atoms with Gasteiger partial charge < -0.3 is 15.8 Å². The molecule has 1 aliphatic rings. The summed E-state index contributed by atoms with van der Waals surface area (Å²) in [6.45, 7) is 1.51. The van der Waals surface area contributed by atoms with Crippen molar-refractivity contribution in [2.75, 3.05) is 20.2 Å². The summed E-state index contributed by atoms with van der Waals surface area (Å²) in [5, 5.41) is 4.33. The minimum absolute atomic E-state index is 0. The Morgan fingerprint density at radius 1 is 1.36 bits per heavy atom. The molecule has 0 bridgehead atoms. The zero-order chi connectivity index (χ0) is 16.7. The highest BCUT2D eigenvalue weighted by Crippen LogP contribution is 2.39. The van der Waals surface area contributed by atoms with Crippen LogP contribution in [0.15, 0.2) is 24.3 Å². The molecule has 1 saturated carbocycles. The lowest BCUT2D eigenvalue weighted by Gasteiger charge is -2.40. The minimum atomic E-state index is -0.140. The van der Waals surface area contributed by atoms with Gasteiger partial charge in [0.1, 0.15) is 0 Å². The van der Waals surface area contributed by atoms with E-state index in [9.17, 15) is 4.79 Å². The molecule has 25 heavy (non-hydrogen) atoms. The maximum atomic E-state index is 11.1. The van der Waals surface area contributed by atoms with E-state index in [0.29, 0.717) is 19.0 Å². The summed E-state index contributed by atoms with van der Waals surface area (Å²) in [5.74, 6) is -0.140. The molecule has 0 heterocycles. The summed E-state index contributed by atoms with van der Waals surface area (Å²) >= 11 is 6.14. The second-order valence-corrected chi connectivity index (χ2v) is 6.84. The van der Waals surface area contributed by atoms with Crippen LogP contribution in [0.25, 0.3) is 0 Å². The quantitative estimate of drug-likeness (QED) is 0.528. The fraction of sp³-hybridized carbons (Fsp3) is 0.611. The van der Waals surface area contributed by atoms with Crippen LogP contribution < -0.4 is 11.1 Å². The molecular formula is C18H29Cl3N2O2. The first-order valence-corrected chi connectivity index (χ1v) is 8.74. The number of esters is 1. The first-order chi connectivity index (χ1) is 11.1. The van der Waals surface area contributed by atoms with E-state index < -0.39 is 0 Å². The number of nitrogens with two attached hydrogens (primary N) is 1. The van der Waals surface area contributed by atoms with Crippen molar-refractivity contribution in [1.29, 1.82) is 0 Å². The number of halogens is 3. The number of carbonyl (C=O) groups excluding carboxylic acids is 1. The summed E-state index contributed by atoms with van der Waals surface area (Å²) in [6.07, 6.45) is 5.63. The highest BCUT2D eigenvalue weighted by atomic mass is 35.5. The maximum Gasteiger partial charge on any atom is 0.305 e. The van der Waals surface area contributed by atoms with Gasteiger partial charge in [0.15, 0.2) is 0 Å². The Labute approximate surface area is 168 Å². The van der Waals surface area contributed by atoms with Crippen molar-refractivity contribution in [3.05, 3.63) is 34.9 Å².